The van der Waals surface area contributed by atoms with Gasteiger partial charge in [0.2, 0.25) is 0 Å². The van der Waals surface area contributed by atoms with Gasteiger partial charge in [-0.1, -0.05) is 91.0 Å². The Balaban J connectivity index is 1.50. The second kappa shape index (κ2) is 13.6. The van der Waals surface area contributed by atoms with E-state index in [0.717, 1.165) is 16.7 Å². The standard InChI is InChI=1S/C32H30N2O8S2/c1-19(35)41-18-23-25(31(39)42-27(21-14-8-4-9-15-21)22-16-10-5-11-17-22)34-29(38)24(30(34)44(40)32(23)43-2)33-28(37)26(36)20-12-6-3-7-13-20/h3-17,24,26-27,30,32,36H,18H2,1-2H3,(H,33,37)/t24-,26?,30-,32?,44?/m1/s1. The largest absolute Gasteiger partial charge is 0.461 e. The van der Waals surface area contributed by atoms with Crippen molar-refractivity contribution in [2.75, 3.05) is 12.9 Å². The lowest BCUT2D eigenvalue weighted by Gasteiger charge is -2.51. The number of hydrogen-bond donors (Lipinski definition) is 2. The smallest absolute Gasteiger partial charge is 0.356 e. The van der Waals surface area contributed by atoms with Gasteiger partial charge in [-0.3, -0.25) is 23.5 Å². The zero-order valence-electron chi connectivity index (χ0n) is 23.8. The predicted molar refractivity (Wildman–Crippen MR) is 164 cm³/mol. The number of esters is 2. The molecule has 0 saturated carbocycles. The summed E-state index contributed by atoms with van der Waals surface area (Å²) in [6.07, 6.45) is -0.735. The molecule has 3 aromatic carbocycles. The minimum Gasteiger partial charge on any atom is -0.461 e. The number of ether oxygens (including phenoxy) is 2. The molecule has 0 aromatic heterocycles. The molecule has 2 heterocycles. The third-order valence-electron chi connectivity index (χ3n) is 7.25. The number of fused-ring (bicyclic) bond motifs is 1. The maximum atomic E-state index is 14.1. The average Bonchev–Trinajstić information content (AvgIpc) is 3.05. The van der Waals surface area contributed by atoms with E-state index in [0.29, 0.717) is 16.7 Å². The first-order valence-corrected chi connectivity index (χ1v) is 16.2. The van der Waals surface area contributed by atoms with E-state index in [-0.39, 0.29) is 11.3 Å². The van der Waals surface area contributed by atoms with Crippen molar-refractivity contribution in [2.45, 2.75) is 35.1 Å². The summed E-state index contributed by atoms with van der Waals surface area (Å²) in [5.41, 5.74) is 1.66. The number of rotatable bonds is 10. The van der Waals surface area contributed by atoms with Crippen LogP contribution in [0.1, 0.15) is 35.8 Å². The summed E-state index contributed by atoms with van der Waals surface area (Å²) < 4.78 is 24.3. The molecule has 5 rings (SSSR count). The summed E-state index contributed by atoms with van der Waals surface area (Å²) in [5.74, 6) is -3.06. The topological polar surface area (TPSA) is 139 Å². The van der Waals surface area contributed by atoms with Gasteiger partial charge in [0.25, 0.3) is 11.8 Å². The van der Waals surface area contributed by atoms with Gasteiger partial charge in [0.05, 0.1) is 10.8 Å². The van der Waals surface area contributed by atoms with Crippen LogP contribution in [0.15, 0.2) is 102 Å². The maximum absolute atomic E-state index is 14.1. The molecule has 44 heavy (non-hydrogen) atoms. The molecular weight excluding hydrogens is 604 g/mol. The van der Waals surface area contributed by atoms with E-state index >= 15 is 0 Å². The molecule has 0 bridgehead atoms. The first-order valence-electron chi connectivity index (χ1n) is 13.7. The Morgan fingerprint density at radius 3 is 1.95 bits per heavy atom. The molecule has 1 fully saturated rings. The third kappa shape index (κ3) is 6.19. The molecule has 3 unspecified atom stereocenters. The second-order valence-electron chi connectivity index (χ2n) is 10.1. The van der Waals surface area contributed by atoms with Crippen LogP contribution in [-0.4, -0.2) is 66.8 Å². The van der Waals surface area contributed by atoms with E-state index in [1.807, 2.05) is 36.4 Å². The highest BCUT2D eigenvalue weighted by Gasteiger charge is 2.60. The van der Waals surface area contributed by atoms with Crippen molar-refractivity contribution in [1.29, 1.82) is 0 Å². The summed E-state index contributed by atoms with van der Waals surface area (Å²) in [5, 5.41) is 12.0. The van der Waals surface area contributed by atoms with E-state index in [1.54, 1.807) is 60.9 Å². The van der Waals surface area contributed by atoms with E-state index in [9.17, 15) is 28.5 Å². The molecule has 2 aliphatic heterocycles. The van der Waals surface area contributed by atoms with Gasteiger partial charge in [0.15, 0.2) is 12.2 Å². The highest BCUT2D eigenvalue weighted by molar-refractivity contribution is 8.11. The number of carbonyl (C=O) groups excluding carboxylic acids is 4. The highest BCUT2D eigenvalue weighted by Crippen LogP contribution is 2.42. The molecule has 3 aromatic rings. The molecule has 0 radical (unpaired) electrons. The average molecular weight is 635 g/mol. The number of nitrogens with zero attached hydrogens (tertiary/aromatic N) is 1. The Kier molecular flexibility index (Phi) is 9.62. The molecular formula is C32H30N2O8S2. The van der Waals surface area contributed by atoms with Crippen molar-refractivity contribution in [3.05, 3.63) is 119 Å². The van der Waals surface area contributed by atoms with Crippen molar-refractivity contribution in [3.8, 4) is 0 Å². The van der Waals surface area contributed by atoms with Gasteiger partial charge in [-0.05, 0) is 22.9 Å². The van der Waals surface area contributed by atoms with Crippen molar-refractivity contribution < 1.29 is 38.0 Å². The van der Waals surface area contributed by atoms with Crippen LogP contribution in [0.2, 0.25) is 0 Å². The third-order valence-corrected chi connectivity index (χ3v) is 10.8. The first-order chi connectivity index (χ1) is 21.2. The number of thioether (sulfide) groups is 1. The number of benzene rings is 3. The Labute approximate surface area is 260 Å². The van der Waals surface area contributed by atoms with Gasteiger partial charge in [0, 0.05) is 12.5 Å². The monoisotopic (exact) mass is 634 g/mol. The Bertz CT molecular complexity index is 1560. The molecule has 228 valence electrons. The second-order valence-corrected chi connectivity index (χ2v) is 12.9. The Morgan fingerprint density at radius 2 is 1.45 bits per heavy atom. The predicted octanol–water partition coefficient (Wildman–Crippen LogP) is 2.97. The Hall–Kier alpha value is -4.26. The zero-order chi connectivity index (χ0) is 31.4. The van der Waals surface area contributed by atoms with E-state index in [1.165, 1.54) is 6.92 Å². The number of β-lactam (4-membered cyclic amide) rings is 1. The van der Waals surface area contributed by atoms with Gasteiger partial charge in [-0.25, -0.2) is 4.79 Å². The van der Waals surface area contributed by atoms with Crippen molar-refractivity contribution in [3.63, 3.8) is 0 Å². The summed E-state index contributed by atoms with van der Waals surface area (Å²) in [6, 6.07) is 25.0. The van der Waals surface area contributed by atoms with E-state index < -0.39 is 69.4 Å². The van der Waals surface area contributed by atoms with Crippen LogP contribution in [0.5, 0.6) is 0 Å². The van der Waals surface area contributed by atoms with Crippen LogP contribution in [0.3, 0.4) is 0 Å². The quantitative estimate of drug-likeness (QED) is 0.255. The normalized spacial score (nSPS) is 21.6. The fraction of sp³-hybridized carbons (Fsp3) is 0.250. The fourth-order valence-electron chi connectivity index (χ4n) is 5.15. The molecule has 10 nitrogen and oxygen atoms in total. The summed E-state index contributed by atoms with van der Waals surface area (Å²) in [6.45, 7) is 0.813. The zero-order valence-corrected chi connectivity index (χ0v) is 25.5. The molecule has 12 heteroatoms. The maximum Gasteiger partial charge on any atom is 0.356 e. The van der Waals surface area contributed by atoms with Crippen LogP contribution in [0, 0.1) is 0 Å². The minimum atomic E-state index is -1.84. The van der Waals surface area contributed by atoms with Gasteiger partial charge >= 0.3 is 11.9 Å². The SMILES string of the molecule is CSC1C(COC(C)=O)=C(C(=O)OC(c2ccccc2)c2ccccc2)N2C(=O)[C@@H](NC(=O)C(O)c3ccccc3)[C@H]2S1=O. The van der Waals surface area contributed by atoms with Gasteiger partial charge in [0.1, 0.15) is 28.3 Å². The molecule has 5 atom stereocenters. The van der Waals surface area contributed by atoms with Crippen LogP contribution in [0.25, 0.3) is 0 Å². The van der Waals surface area contributed by atoms with Gasteiger partial charge in [-0.2, -0.15) is 0 Å². The molecule has 1 saturated heterocycles. The van der Waals surface area contributed by atoms with E-state index in [2.05, 4.69) is 5.32 Å². The van der Waals surface area contributed by atoms with Crippen LogP contribution in [0.4, 0.5) is 0 Å². The van der Waals surface area contributed by atoms with Crippen molar-refractivity contribution >= 4 is 46.3 Å². The van der Waals surface area contributed by atoms with Crippen molar-refractivity contribution in [2.24, 2.45) is 0 Å². The number of amides is 2. The minimum absolute atomic E-state index is 0.162. The van der Waals surface area contributed by atoms with Gasteiger partial charge < -0.3 is 19.9 Å². The Morgan fingerprint density at radius 1 is 0.932 bits per heavy atom. The molecule has 2 aliphatic rings. The van der Waals surface area contributed by atoms with Gasteiger partial charge in [-0.15, -0.1) is 11.8 Å². The lowest BCUT2D eigenvalue weighted by atomic mass is 10.00. The number of carbonyl (C=O) groups is 4. The summed E-state index contributed by atoms with van der Waals surface area (Å²) in [7, 11) is -1.84. The lowest BCUT2D eigenvalue weighted by molar-refractivity contribution is -0.155. The molecule has 0 aliphatic carbocycles. The lowest BCUT2D eigenvalue weighted by Crippen LogP contribution is -2.74. The number of hydrogen-bond acceptors (Lipinski definition) is 9. The van der Waals surface area contributed by atoms with Crippen LogP contribution in [-0.2, 0) is 39.5 Å². The number of nitrogens with one attached hydrogen (secondary N) is 1. The van der Waals surface area contributed by atoms with E-state index in [4.69, 9.17) is 9.47 Å². The highest BCUT2D eigenvalue weighted by atomic mass is 32.2. The summed E-state index contributed by atoms with van der Waals surface area (Å²) >= 11 is 1.15. The first kappa shape index (κ1) is 31.2. The fourth-order valence-corrected chi connectivity index (χ4v) is 8.30. The molecule has 2 amide bonds. The molecule has 0 spiro atoms. The van der Waals surface area contributed by atoms with Crippen molar-refractivity contribution in [1.82, 2.24) is 10.2 Å². The number of aliphatic hydroxyl groups excluding tert-OH is 1. The number of aliphatic hydroxyl groups is 1. The summed E-state index contributed by atoms with van der Waals surface area (Å²) in [4.78, 5) is 53.4. The van der Waals surface area contributed by atoms with Crippen LogP contribution < -0.4 is 5.32 Å². The molecule has 2 N–H and O–H groups in total. The van der Waals surface area contributed by atoms with Crippen LogP contribution >= 0.6 is 11.8 Å².